The van der Waals surface area contributed by atoms with Gasteiger partial charge < -0.3 is 30.7 Å². The molecule has 1 aliphatic carbocycles. The molecule has 17 heteroatoms. The van der Waals surface area contributed by atoms with E-state index >= 15 is 4.57 Å². The van der Waals surface area contributed by atoms with Crippen LogP contribution in [0.25, 0.3) is 0 Å². The van der Waals surface area contributed by atoms with Crippen molar-refractivity contribution in [3.05, 3.63) is 138 Å². The van der Waals surface area contributed by atoms with Crippen LogP contribution in [0.5, 0.6) is 5.75 Å². The van der Waals surface area contributed by atoms with Crippen LogP contribution in [-0.4, -0.2) is 84.1 Å². The highest BCUT2D eigenvalue weighted by Gasteiger charge is 2.61. The normalized spacial score (nSPS) is 15.7. The van der Waals surface area contributed by atoms with Crippen LogP contribution in [0, 0.1) is 5.41 Å². The number of unbranched alkanes of at least 4 members (excludes halogenated alkanes) is 1. The van der Waals surface area contributed by atoms with Crippen LogP contribution in [0.4, 0.5) is 4.79 Å². The fraction of sp³-hybridized carbons (Fsp3) is 0.378. The minimum atomic E-state index is -4.01. The summed E-state index contributed by atoms with van der Waals surface area (Å²) in [5.41, 5.74) is -1.73. The number of phenols is 1. The topological polar surface area (TPSA) is 238 Å². The number of aromatic hydroxyl groups is 1. The van der Waals surface area contributed by atoms with Crippen LogP contribution in [0.3, 0.4) is 0 Å². The lowest BCUT2D eigenvalue weighted by atomic mass is 9.86. The quantitative estimate of drug-likeness (QED) is 0.0296. The van der Waals surface area contributed by atoms with E-state index in [9.17, 15) is 42.9 Å². The number of aliphatic carboxylic acids is 1. The van der Waals surface area contributed by atoms with E-state index in [1.54, 1.807) is 72.8 Å². The van der Waals surface area contributed by atoms with Crippen molar-refractivity contribution >= 4 is 41.7 Å². The average Bonchev–Trinajstić information content (AvgIpc) is 3.73. The average molecular weight is 890 g/mol. The molecule has 0 spiro atoms. The molecule has 15 nitrogen and oxygen atoms in total. The standard InChI is InChI=1S/C45H53N4O11PS/c1-62(58,59)49-37(21-11-14-28-46-43(55)60-30-33-15-5-2-6-16-33)40(51)48-45(56,39(34-17-7-3-8-18-34)35-19-9-4-10-20-35)61(57)31-44(26-12-13-27-44)42(54)47-38(41(52)53)29-32-22-24-36(50)25-23-32/h2-10,15-20,22-25,37-39,49,56H,11-14,21,26-31H2,1H3,(H4-,46,47,48,50,51,52,53,54,55)/p+1/t37-,38-,45+/m0/s1. The van der Waals surface area contributed by atoms with Crippen molar-refractivity contribution in [3.63, 3.8) is 0 Å². The first-order valence-electron chi connectivity index (χ1n) is 20.4. The maximum atomic E-state index is 15.2. The summed E-state index contributed by atoms with van der Waals surface area (Å²) in [5.74, 6) is -4.14. The Morgan fingerprint density at radius 3 is 1.92 bits per heavy atom. The second-order valence-corrected chi connectivity index (χ2v) is 19.2. The number of phenolic OH excluding ortho intramolecular Hbond substituents is 1. The molecule has 1 aliphatic rings. The lowest BCUT2D eigenvalue weighted by molar-refractivity contribution is -0.143. The Bertz CT molecular complexity index is 2210. The van der Waals surface area contributed by atoms with E-state index in [1.807, 2.05) is 30.3 Å². The number of carbonyl (C=O) groups is 4. The third-order valence-electron chi connectivity index (χ3n) is 10.9. The lowest BCUT2D eigenvalue weighted by Gasteiger charge is -2.33. The molecule has 0 radical (unpaired) electrons. The van der Waals surface area contributed by atoms with Gasteiger partial charge in [0.1, 0.15) is 30.4 Å². The first-order chi connectivity index (χ1) is 29.6. The predicted molar refractivity (Wildman–Crippen MR) is 233 cm³/mol. The molecule has 62 heavy (non-hydrogen) atoms. The summed E-state index contributed by atoms with van der Waals surface area (Å²) < 4.78 is 48.0. The summed E-state index contributed by atoms with van der Waals surface area (Å²) in [6.07, 6.45) is 1.74. The van der Waals surface area contributed by atoms with E-state index in [1.165, 1.54) is 12.1 Å². The maximum absolute atomic E-state index is 15.2. The van der Waals surface area contributed by atoms with Gasteiger partial charge in [-0.15, -0.1) is 0 Å². The molecule has 3 amide bonds. The Labute approximate surface area is 362 Å². The van der Waals surface area contributed by atoms with E-state index in [2.05, 4.69) is 20.7 Å². The molecule has 1 saturated carbocycles. The van der Waals surface area contributed by atoms with Gasteiger partial charge in [-0.3, -0.25) is 14.9 Å². The first-order valence-corrected chi connectivity index (χ1v) is 23.7. The number of ether oxygens (including phenoxy) is 1. The van der Waals surface area contributed by atoms with Crippen molar-refractivity contribution in [2.45, 2.75) is 81.4 Å². The Morgan fingerprint density at radius 1 is 0.806 bits per heavy atom. The molecule has 0 aliphatic heterocycles. The number of carbonyl (C=O) groups excluding carboxylic acids is 3. The number of hydrogen-bond donors (Lipinski definition) is 7. The van der Waals surface area contributed by atoms with Gasteiger partial charge in [0.2, 0.25) is 21.8 Å². The zero-order valence-electron chi connectivity index (χ0n) is 34.4. The van der Waals surface area contributed by atoms with Crippen LogP contribution in [0.2, 0.25) is 0 Å². The molecular weight excluding hydrogens is 836 g/mol. The predicted octanol–water partition coefficient (Wildman–Crippen LogP) is 5.50. The Morgan fingerprint density at radius 2 is 1.37 bits per heavy atom. The Hall–Kier alpha value is -5.67. The maximum Gasteiger partial charge on any atom is 0.407 e. The van der Waals surface area contributed by atoms with Gasteiger partial charge in [-0.25, -0.2) is 22.7 Å². The van der Waals surface area contributed by atoms with E-state index < -0.39 is 76.7 Å². The molecule has 7 N–H and O–H groups in total. The number of sulfonamides is 1. The number of alkyl carbamates (subject to hydrolysis) is 1. The number of nitrogens with one attached hydrogen (secondary N) is 4. The number of rotatable bonds is 22. The summed E-state index contributed by atoms with van der Waals surface area (Å²) >= 11 is 0. The summed E-state index contributed by atoms with van der Waals surface area (Å²) in [6.45, 7) is 0.226. The fourth-order valence-corrected chi connectivity index (χ4v) is 10.5. The molecule has 0 saturated heterocycles. The number of benzene rings is 4. The summed E-state index contributed by atoms with van der Waals surface area (Å²) in [7, 11) is -7.04. The number of carboxylic acids is 1. The highest BCUT2D eigenvalue weighted by atomic mass is 32.2. The zero-order chi connectivity index (χ0) is 44.8. The highest BCUT2D eigenvalue weighted by Crippen LogP contribution is 2.54. The minimum Gasteiger partial charge on any atom is -0.508 e. The molecule has 0 aromatic heterocycles. The largest absolute Gasteiger partial charge is 0.508 e. The number of aliphatic hydroxyl groups is 1. The number of carboxylic acid groups (broad SMARTS) is 1. The molecule has 0 bridgehead atoms. The Kier molecular flexibility index (Phi) is 16.7. The van der Waals surface area contributed by atoms with Crippen molar-refractivity contribution in [1.82, 2.24) is 20.7 Å². The van der Waals surface area contributed by atoms with Crippen molar-refractivity contribution in [1.29, 1.82) is 0 Å². The molecule has 0 heterocycles. The van der Waals surface area contributed by atoms with Gasteiger partial charge in [-0.2, -0.15) is 0 Å². The van der Waals surface area contributed by atoms with Crippen molar-refractivity contribution in [2.75, 3.05) is 19.0 Å². The van der Waals surface area contributed by atoms with Gasteiger partial charge in [-0.1, -0.05) is 121 Å². The second kappa shape index (κ2) is 21.9. The van der Waals surface area contributed by atoms with Gasteiger partial charge in [0.25, 0.3) is 0 Å². The highest BCUT2D eigenvalue weighted by molar-refractivity contribution is 7.88. The van der Waals surface area contributed by atoms with Crippen LogP contribution >= 0.6 is 7.80 Å². The lowest BCUT2D eigenvalue weighted by Crippen LogP contribution is -2.57. The second-order valence-electron chi connectivity index (χ2n) is 15.7. The molecule has 4 aromatic carbocycles. The van der Waals surface area contributed by atoms with Gasteiger partial charge in [0.05, 0.1) is 11.7 Å². The van der Waals surface area contributed by atoms with Crippen LogP contribution < -0.4 is 20.7 Å². The van der Waals surface area contributed by atoms with E-state index in [0.29, 0.717) is 36.0 Å². The van der Waals surface area contributed by atoms with Crippen LogP contribution in [-0.2, 0) is 46.7 Å². The van der Waals surface area contributed by atoms with Gasteiger partial charge in [0.15, 0.2) is 6.16 Å². The third kappa shape index (κ3) is 13.4. The van der Waals surface area contributed by atoms with Crippen LogP contribution in [0.15, 0.2) is 115 Å². The molecule has 330 valence electrons. The molecule has 4 aromatic rings. The minimum absolute atomic E-state index is 0.00748. The smallest absolute Gasteiger partial charge is 0.407 e. The van der Waals surface area contributed by atoms with E-state index in [0.717, 1.165) is 11.8 Å². The monoisotopic (exact) mass is 889 g/mol. The van der Waals surface area contributed by atoms with E-state index in [-0.39, 0.29) is 51.0 Å². The third-order valence-corrected chi connectivity index (χ3v) is 13.6. The molecule has 1 unspecified atom stereocenters. The number of amides is 3. The fourth-order valence-electron chi connectivity index (χ4n) is 7.72. The van der Waals surface area contributed by atoms with Crippen LogP contribution in [0.1, 0.15) is 73.1 Å². The summed E-state index contributed by atoms with van der Waals surface area (Å²) in [6, 6.07) is 29.3. The van der Waals surface area contributed by atoms with Crippen molar-refractivity contribution in [3.8, 4) is 5.75 Å². The zero-order valence-corrected chi connectivity index (χ0v) is 36.2. The molecule has 4 atom stereocenters. The van der Waals surface area contributed by atoms with Gasteiger partial charge in [-0.05, 0) is 66.5 Å². The number of hydrogen-bond acceptors (Lipinski definition) is 10. The van der Waals surface area contributed by atoms with Gasteiger partial charge in [0, 0.05) is 13.0 Å². The Balaban J connectivity index is 1.40. The SMILES string of the molecule is CS(=O)(=O)N[C@@H](CCCCNC(=O)OCc1ccccc1)C(=O)N[C@@](O)(C(c1ccccc1)c1ccccc1)[P+](=O)CC1(C(=O)N[C@@H](Cc2ccc(O)cc2)C(=O)O)CCCC1. The summed E-state index contributed by atoms with van der Waals surface area (Å²) in [5, 5.41) is 40.7. The van der Waals surface area contributed by atoms with Crippen molar-refractivity contribution in [2.24, 2.45) is 5.41 Å². The first kappa shape index (κ1) is 47.4. The molecule has 5 rings (SSSR count). The van der Waals surface area contributed by atoms with Gasteiger partial charge >= 0.3 is 25.3 Å². The molecule has 1 fully saturated rings. The summed E-state index contributed by atoms with van der Waals surface area (Å²) in [4.78, 5) is 53.4. The molecular formula is C45H54N4O11PS+. The van der Waals surface area contributed by atoms with Crippen molar-refractivity contribution < 1.29 is 52.2 Å². The van der Waals surface area contributed by atoms with E-state index in [4.69, 9.17) is 4.74 Å².